The fourth-order valence-electron chi connectivity index (χ4n) is 1.62. The lowest BCUT2D eigenvalue weighted by atomic mass is 10.0. The van der Waals surface area contributed by atoms with E-state index in [0.717, 1.165) is 0 Å². The lowest BCUT2D eigenvalue weighted by Crippen LogP contribution is -2.48. The quantitative estimate of drug-likeness (QED) is 0.716. The minimum absolute atomic E-state index is 0.0856. The number of esters is 1. The van der Waals surface area contributed by atoms with Crippen molar-refractivity contribution in [2.75, 3.05) is 7.11 Å². The van der Waals surface area contributed by atoms with Crippen LogP contribution in [-0.4, -0.2) is 34.8 Å². The second-order valence-electron chi connectivity index (χ2n) is 4.68. The van der Waals surface area contributed by atoms with Gasteiger partial charge in [0.15, 0.2) is 0 Å². The van der Waals surface area contributed by atoms with Crippen molar-refractivity contribution >= 4 is 11.9 Å². The van der Waals surface area contributed by atoms with Crippen LogP contribution < -0.4 is 11.1 Å². The van der Waals surface area contributed by atoms with Crippen LogP contribution in [0.2, 0.25) is 0 Å². The summed E-state index contributed by atoms with van der Waals surface area (Å²) in [6, 6.07) is -1.57. The van der Waals surface area contributed by atoms with Crippen LogP contribution in [0.3, 0.4) is 0 Å². The highest BCUT2D eigenvalue weighted by molar-refractivity contribution is 5.88. The van der Waals surface area contributed by atoms with Crippen LogP contribution in [0.15, 0.2) is 12.4 Å². The third-order valence-electron chi connectivity index (χ3n) is 2.79. The maximum Gasteiger partial charge on any atom is 0.328 e. The number of hydrogen-bond acceptors (Lipinski definition) is 5. The van der Waals surface area contributed by atoms with Gasteiger partial charge in [0.1, 0.15) is 12.1 Å². The lowest BCUT2D eigenvalue weighted by Gasteiger charge is -2.21. The Balaban J connectivity index is 2.74. The van der Waals surface area contributed by atoms with E-state index in [4.69, 9.17) is 5.73 Å². The molecule has 1 aromatic heterocycles. The van der Waals surface area contributed by atoms with E-state index in [1.165, 1.54) is 13.3 Å². The molecule has 2 unspecified atom stereocenters. The molecule has 0 aliphatic heterocycles. The Kier molecular flexibility index (Phi) is 5.05. The van der Waals surface area contributed by atoms with Gasteiger partial charge in [-0.3, -0.25) is 9.48 Å². The van der Waals surface area contributed by atoms with E-state index in [1.807, 2.05) is 13.8 Å². The van der Waals surface area contributed by atoms with E-state index in [2.05, 4.69) is 15.2 Å². The standard InChI is InChI=1S/C12H20N4O3/c1-7(2)10(12(18)19-4)15-11(17)9(13)8-5-14-16(3)6-8/h5-7,9-10H,13H2,1-4H3,(H,15,17). The minimum Gasteiger partial charge on any atom is -0.467 e. The number of hydrogen-bond donors (Lipinski definition) is 2. The number of nitrogens with zero attached hydrogens (tertiary/aromatic N) is 2. The highest BCUT2D eigenvalue weighted by atomic mass is 16.5. The molecule has 2 atom stereocenters. The molecular formula is C12H20N4O3. The van der Waals surface area contributed by atoms with Crippen LogP contribution in [0, 0.1) is 5.92 Å². The van der Waals surface area contributed by atoms with Gasteiger partial charge in [-0.2, -0.15) is 5.10 Å². The zero-order valence-corrected chi connectivity index (χ0v) is 11.6. The van der Waals surface area contributed by atoms with Crippen molar-refractivity contribution < 1.29 is 14.3 Å². The van der Waals surface area contributed by atoms with Crippen molar-refractivity contribution in [1.82, 2.24) is 15.1 Å². The second-order valence-corrected chi connectivity index (χ2v) is 4.68. The number of nitrogens with one attached hydrogen (secondary N) is 1. The average molecular weight is 268 g/mol. The van der Waals surface area contributed by atoms with E-state index in [0.29, 0.717) is 5.56 Å². The number of carbonyl (C=O) groups excluding carboxylic acids is 2. The van der Waals surface area contributed by atoms with E-state index in [1.54, 1.807) is 17.9 Å². The molecule has 0 saturated heterocycles. The molecule has 1 aromatic rings. The number of aryl methyl sites for hydroxylation is 1. The number of carbonyl (C=O) groups is 2. The Morgan fingerprint density at radius 1 is 1.47 bits per heavy atom. The van der Waals surface area contributed by atoms with Gasteiger partial charge in [0.25, 0.3) is 0 Å². The Labute approximate surface area is 112 Å². The van der Waals surface area contributed by atoms with Crippen molar-refractivity contribution in [3.63, 3.8) is 0 Å². The number of nitrogens with two attached hydrogens (primary N) is 1. The third kappa shape index (κ3) is 3.78. The Morgan fingerprint density at radius 2 is 2.11 bits per heavy atom. The van der Waals surface area contributed by atoms with Gasteiger partial charge < -0.3 is 15.8 Å². The van der Waals surface area contributed by atoms with Crippen molar-refractivity contribution in [1.29, 1.82) is 0 Å². The van der Waals surface area contributed by atoms with E-state index >= 15 is 0 Å². The molecule has 1 amide bonds. The summed E-state index contributed by atoms with van der Waals surface area (Å²) >= 11 is 0. The van der Waals surface area contributed by atoms with Crippen molar-refractivity contribution in [3.8, 4) is 0 Å². The molecule has 0 spiro atoms. The molecule has 0 aromatic carbocycles. The number of methoxy groups -OCH3 is 1. The van der Waals surface area contributed by atoms with Gasteiger partial charge in [-0.1, -0.05) is 13.8 Å². The van der Waals surface area contributed by atoms with Gasteiger partial charge in [-0.25, -0.2) is 4.79 Å². The van der Waals surface area contributed by atoms with E-state index < -0.39 is 24.0 Å². The number of aromatic nitrogens is 2. The normalized spacial score (nSPS) is 14.0. The van der Waals surface area contributed by atoms with Crippen molar-refractivity contribution in [2.24, 2.45) is 18.7 Å². The average Bonchev–Trinajstić information content (AvgIpc) is 2.80. The predicted octanol–water partition coefficient (Wildman–Crippen LogP) is -0.266. The van der Waals surface area contributed by atoms with Gasteiger partial charge >= 0.3 is 5.97 Å². The second kappa shape index (κ2) is 6.33. The fourth-order valence-corrected chi connectivity index (χ4v) is 1.62. The Hall–Kier alpha value is -1.89. The molecule has 0 aliphatic rings. The topological polar surface area (TPSA) is 99.2 Å². The summed E-state index contributed by atoms with van der Waals surface area (Å²) in [6.45, 7) is 3.63. The molecule has 0 fully saturated rings. The lowest BCUT2D eigenvalue weighted by molar-refractivity contribution is -0.146. The van der Waals surface area contributed by atoms with Gasteiger partial charge in [-0.15, -0.1) is 0 Å². The van der Waals surface area contributed by atoms with Crippen LogP contribution in [0.5, 0.6) is 0 Å². The molecule has 7 nitrogen and oxygen atoms in total. The summed E-state index contributed by atoms with van der Waals surface area (Å²) in [4.78, 5) is 23.6. The summed E-state index contributed by atoms with van der Waals surface area (Å²) in [6.07, 6.45) is 3.18. The summed E-state index contributed by atoms with van der Waals surface area (Å²) in [5.74, 6) is -1.00. The molecule has 0 aliphatic carbocycles. The molecular weight excluding hydrogens is 248 g/mol. The van der Waals surface area contributed by atoms with Crippen LogP contribution in [0.25, 0.3) is 0 Å². The van der Waals surface area contributed by atoms with Crippen LogP contribution in [0.4, 0.5) is 0 Å². The van der Waals surface area contributed by atoms with Gasteiger partial charge in [0, 0.05) is 18.8 Å². The summed E-state index contributed by atoms with van der Waals surface area (Å²) in [7, 11) is 3.02. The highest BCUT2D eigenvalue weighted by Crippen LogP contribution is 2.11. The molecule has 0 bridgehead atoms. The molecule has 19 heavy (non-hydrogen) atoms. The fraction of sp³-hybridized carbons (Fsp3) is 0.583. The van der Waals surface area contributed by atoms with Gasteiger partial charge in [0.2, 0.25) is 5.91 Å². The minimum atomic E-state index is -0.861. The zero-order chi connectivity index (χ0) is 14.6. The van der Waals surface area contributed by atoms with Gasteiger partial charge in [-0.05, 0) is 5.92 Å². The van der Waals surface area contributed by atoms with Crippen LogP contribution >= 0.6 is 0 Å². The number of amides is 1. The third-order valence-corrected chi connectivity index (χ3v) is 2.79. The van der Waals surface area contributed by atoms with Crippen molar-refractivity contribution in [3.05, 3.63) is 18.0 Å². The molecule has 106 valence electrons. The smallest absolute Gasteiger partial charge is 0.328 e. The van der Waals surface area contributed by atoms with Crippen LogP contribution in [-0.2, 0) is 21.4 Å². The maximum atomic E-state index is 12.0. The first-order chi connectivity index (χ1) is 8.86. The molecule has 3 N–H and O–H groups in total. The van der Waals surface area contributed by atoms with Crippen LogP contribution in [0.1, 0.15) is 25.5 Å². The summed E-state index contributed by atoms with van der Waals surface area (Å²) in [5.41, 5.74) is 6.41. The monoisotopic (exact) mass is 268 g/mol. The highest BCUT2D eigenvalue weighted by Gasteiger charge is 2.27. The number of rotatable bonds is 5. The predicted molar refractivity (Wildman–Crippen MR) is 68.9 cm³/mol. The first-order valence-corrected chi connectivity index (χ1v) is 5.99. The zero-order valence-electron chi connectivity index (χ0n) is 11.6. The molecule has 7 heteroatoms. The van der Waals surface area contributed by atoms with E-state index in [9.17, 15) is 9.59 Å². The van der Waals surface area contributed by atoms with Crippen molar-refractivity contribution in [2.45, 2.75) is 25.9 Å². The number of ether oxygens (including phenoxy) is 1. The van der Waals surface area contributed by atoms with Gasteiger partial charge in [0.05, 0.1) is 13.3 Å². The Bertz CT molecular complexity index is 456. The first-order valence-electron chi connectivity index (χ1n) is 5.99. The first kappa shape index (κ1) is 15.2. The maximum absolute atomic E-state index is 12.0. The summed E-state index contributed by atoms with van der Waals surface area (Å²) < 4.78 is 6.21. The molecule has 0 saturated carbocycles. The molecule has 1 heterocycles. The largest absolute Gasteiger partial charge is 0.467 e. The summed E-state index contributed by atoms with van der Waals surface area (Å²) in [5, 5.41) is 6.55. The van der Waals surface area contributed by atoms with E-state index in [-0.39, 0.29) is 5.92 Å². The molecule has 0 radical (unpaired) electrons. The Morgan fingerprint density at radius 3 is 2.53 bits per heavy atom. The molecule has 1 rings (SSSR count). The SMILES string of the molecule is COC(=O)C(NC(=O)C(N)c1cnn(C)c1)C(C)C.